The maximum atomic E-state index is 11.0. The topological polar surface area (TPSA) is 38.7 Å². The molecule has 0 rings (SSSR count). The van der Waals surface area contributed by atoms with Crippen molar-refractivity contribution in [3.05, 3.63) is 11.6 Å². The van der Waals surface area contributed by atoms with Gasteiger partial charge in [-0.05, 0) is 40.2 Å². The van der Waals surface area contributed by atoms with Crippen molar-refractivity contribution in [3.8, 4) is 0 Å². The third kappa shape index (κ3) is 7.25. The fourth-order valence-electron chi connectivity index (χ4n) is 0.517. The Morgan fingerprint density at radius 1 is 1.38 bits per heavy atom. The van der Waals surface area contributed by atoms with Crippen LogP contribution in [0.25, 0.3) is 0 Å². The summed E-state index contributed by atoms with van der Waals surface area (Å²) in [5, 5.41) is 0. The number of hydrogen-bond acceptors (Lipinski definition) is 2. The molecule has 0 heterocycles. The van der Waals surface area contributed by atoms with E-state index in [4.69, 9.17) is 4.74 Å². The molecule has 0 aliphatic heterocycles. The van der Waals surface area contributed by atoms with E-state index < -0.39 is 11.7 Å². The van der Waals surface area contributed by atoms with E-state index in [1.165, 1.54) is 6.21 Å². The number of nitrogens with zero attached hydrogens (tertiary/aromatic N) is 1. The van der Waals surface area contributed by atoms with Gasteiger partial charge in [0, 0.05) is 6.21 Å². The van der Waals surface area contributed by atoms with Gasteiger partial charge in [-0.25, -0.2) is 4.79 Å². The molecule has 13 heavy (non-hydrogen) atoms. The van der Waals surface area contributed by atoms with Crippen molar-refractivity contribution in [1.29, 1.82) is 0 Å². The van der Waals surface area contributed by atoms with Gasteiger partial charge in [0.05, 0.1) is 0 Å². The second kappa shape index (κ2) is 4.80. The van der Waals surface area contributed by atoms with Crippen molar-refractivity contribution in [2.75, 3.05) is 0 Å². The molecule has 0 aliphatic carbocycles. The van der Waals surface area contributed by atoms with Crippen LogP contribution < -0.4 is 0 Å². The molecular weight excluding hydrogens is 166 g/mol. The number of aliphatic imine (C=N–C) groups is 1. The zero-order chi connectivity index (χ0) is 10.5. The van der Waals surface area contributed by atoms with E-state index in [0.29, 0.717) is 0 Å². The highest BCUT2D eigenvalue weighted by molar-refractivity contribution is 5.87. The molecule has 74 valence electrons. The molecule has 1 amide bonds. The normalized spacial score (nSPS) is 13.5. The minimum absolute atomic E-state index is 0.474. The molecule has 0 spiro atoms. The SMILES string of the molecule is C/C=C(\C)C=NC(=O)OC(C)(C)C. The second-order valence-electron chi connectivity index (χ2n) is 3.77. The Morgan fingerprint density at radius 2 is 1.92 bits per heavy atom. The molecule has 0 saturated heterocycles. The van der Waals surface area contributed by atoms with Crippen LogP contribution >= 0.6 is 0 Å². The van der Waals surface area contributed by atoms with Gasteiger partial charge in [0.25, 0.3) is 0 Å². The molecule has 0 N–H and O–H groups in total. The molecule has 0 aliphatic rings. The van der Waals surface area contributed by atoms with Crippen LogP contribution in [0.5, 0.6) is 0 Å². The van der Waals surface area contributed by atoms with Crippen molar-refractivity contribution < 1.29 is 9.53 Å². The second-order valence-corrected chi connectivity index (χ2v) is 3.77. The maximum Gasteiger partial charge on any atom is 0.434 e. The summed E-state index contributed by atoms with van der Waals surface area (Å²) in [6, 6.07) is 0. The van der Waals surface area contributed by atoms with Crippen LogP contribution in [0.1, 0.15) is 34.6 Å². The molecule has 0 aromatic carbocycles. The Kier molecular flexibility index (Phi) is 4.38. The van der Waals surface area contributed by atoms with Gasteiger partial charge in [-0.1, -0.05) is 6.08 Å². The maximum absolute atomic E-state index is 11.0. The number of ether oxygens (including phenoxy) is 1. The van der Waals surface area contributed by atoms with Crippen molar-refractivity contribution in [2.24, 2.45) is 4.99 Å². The monoisotopic (exact) mass is 183 g/mol. The predicted octanol–water partition coefficient (Wildman–Crippen LogP) is 2.96. The van der Waals surface area contributed by atoms with E-state index in [2.05, 4.69) is 4.99 Å². The van der Waals surface area contributed by atoms with Crippen LogP contribution in [0, 0.1) is 0 Å². The summed E-state index contributed by atoms with van der Waals surface area (Å²) in [5.41, 5.74) is 0.462. The van der Waals surface area contributed by atoms with Crippen LogP contribution in [0.2, 0.25) is 0 Å². The quantitative estimate of drug-likeness (QED) is 0.586. The average Bonchev–Trinajstić information content (AvgIpc) is 1.97. The zero-order valence-corrected chi connectivity index (χ0v) is 8.92. The minimum Gasteiger partial charge on any atom is -0.442 e. The van der Waals surface area contributed by atoms with Gasteiger partial charge in [-0.2, -0.15) is 4.99 Å². The standard InChI is InChI=1S/C10H17NO2/c1-6-8(2)7-11-9(12)13-10(3,4)5/h6-7H,1-5H3/b8-6+,11-7?. The number of rotatable bonds is 1. The van der Waals surface area contributed by atoms with Crippen molar-refractivity contribution >= 4 is 12.3 Å². The lowest BCUT2D eigenvalue weighted by atomic mass is 10.2. The zero-order valence-electron chi connectivity index (χ0n) is 8.92. The molecule has 0 saturated carbocycles. The highest BCUT2D eigenvalue weighted by Crippen LogP contribution is 2.07. The summed E-state index contributed by atoms with van der Waals surface area (Å²) in [4.78, 5) is 14.7. The lowest BCUT2D eigenvalue weighted by Gasteiger charge is -2.17. The molecule has 0 unspecified atom stereocenters. The van der Waals surface area contributed by atoms with Crippen molar-refractivity contribution in [1.82, 2.24) is 0 Å². The number of amides is 1. The van der Waals surface area contributed by atoms with E-state index in [0.717, 1.165) is 5.57 Å². The van der Waals surface area contributed by atoms with Crippen molar-refractivity contribution in [2.45, 2.75) is 40.2 Å². The largest absolute Gasteiger partial charge is 0.442 e. The van der Waals surface area contributed by atoms with E-state index in [-0.39, 0.29) is 0 Å². The van der Waals surface area contributed by atoms with Crippen LogP contribution in [0.3, 0.4) is 0 Å². The average molecular weight is 183 g/mol. The first-order valence-corrected chi connectivity index (χ1v) is 4.25. The lowest BCUT2D eigenvalue weighted by molar-refractivity contribution is 0.0605. The third-order valence-electron chi connectivity index (χ3n) is 1.22. The van der Waals surface area contributed by atoms with Gasteiger partial charge < -0.3 is 4.74 Å². The van der Waals surface area contributed by atoms with Gasteiger partial charge in [-0.15, -0.1) is 0 Å². The first-order chi connectivity index (χ1) is 5.85. The molecule has 3 heteroatoms. The number of carbonyl (C=O) groups is 1. The summed E-state index contributed by atoms with van der Waals surface area (Å²) in [6.07, 6.45) is 2.82. The van der Waals surface area contributed by atoms with E-state index in [1.54, 1.807) is 0 Å². The summed E-state index contributed by atoms with van der Waals surface area (Å²) < 4.78 is 4.97. The predicted molar refractivity (Wildman–Crippen MR) is 54.2 cm³/mol. The van der Waals surface area contributed by atoms with Gasteiger partial charge in [0.2, 0.25) is 0 Å². The third-order valence-corrected chi connectivity index (χ3v) is 1.22. The smallest absolute Gasteiger partial charge is 0.434 e. The van der Waals surface area contributed by atoms with Gasteiger partial charge in [-0.3, -0.25) is 0 Å². The van der Waals surface area contributed by atoms with Gasteiger partial charge >= 0.3 is 6.09 Å². The van der Waals surface area contributed by atoms with Gasteiger partial charge in [0.1, 0.15) is 5.60 Å². The summed E-state index contributed by atoms with van der Waals surface area (Å²) in [6.45, 7) is 9.18. The van der Waals surface area contributed by atoms with E-state index in [1.807, 2.05) is 40.7 Å². The minimum atomic E-state index is -0.548. The number of allylic oxidation sites excluding steroid dienone is 2. The Bertz CT molecular complexity index is 234. The first kappa shape index (κ1) is 11.9. The van der Waals surface area contributed by atoms with Crippen LogP contribution in [-0.4, -0.2) is 17.9 Å². The Hall–Kier alpha value is -1.12. The molecular formula is C10H17NO2. The molecule has 0 bridgehead atoms. The summed E-state index contributed by atoms with van der Waals surface area (Å²) >= 11 is 0. The molecule has 0 aromatic rings. The van der Waals surface area contributed by atoms with E-state index >= 15 is 0 Å². The lowest BCUT2D eigenvalue weighted by Crippen LogP contribution is -2.21. The Morgan fingerprint density at radius 3 is 2.31 bits per heavy atom. The molecule has 0 fully saturated rings. The van der Waals surface area contributed by atoms with Crippen LogP contribution in [0.15, 0.2) is 16.6 Å². The fraction of sp³-hybridized carbons (Fsp3) is 0.600. The molecule has 0 atom stereocenters. The molecule has 0 radical (unpaired) electrons. The molecule has 0 aromatic heterocycles. The van der Waals surface area contributed by atoms with Crippen LogP contribution in [0.4, 0.5) is 4.79 Å². The van der Waals surface area contributed by atoms with Crippen molar-refractivity contribution in [3.63, 3.8) is 0 Å². The van der Waals surface area contributed by atoms with E-state index in [9.17, 15) is 4.79 Å². The number of carbonyl (C=O) groups excluding carboxylic acids is 1. The number of hydrogen-bond donors (Lipinski definition) is 0. The summed E-state index contributed by atoms with van der Waals surface area (Å²) in [7, 11) is 0. The highest BCUT2D eigenvalue weighted by Gasteiger charge is 2.14. The molecule has 3 nitrogen and oxygen atoms in total. The highest BCUT2D eigenvalue weighted by atomic mass is 16.6. The van der Waals surface area contributed by atoms with Gasteiger partial charge in [0.15, 0.2) is 0 Å². The first-order valence-electron chi connectivity index (χ1n) is 4.25. The Labute approximate surface area is 79.5 Å². The fourth-order valence-corrected chi connectivity index (χ4v) is 0.517. The Balaban J connectivity index is 4.10. The van der Waals surface area contributed by atoms with Crippen LogP contribution in [-0.2, 0) is 4.74 Å². The summed E-state index contributed by atoms with van der Waals surface area (Å²) in [5.74, 6) is 0.